The highest BCUT2D eigenvalue weighted by Crippen LogP contribution is 2.32. The monoisotopic (exact) mass is 354 g/mol. The Labute approximate surface area is 150 Å². The topological polar surface area (TPSA) is 70.9 Å². The Bertz CT molecular complexity index is 875. The molecule has 1 aliphatic rings. The van der Waals surface area contributed by atoms with Gasteiger partial charge in [-0.25, -0.2) is 4.99 Å². The summed E-state index contributed by atoms with van der Waals surface area (Å²) in [5.74, 6) is 1.02. The summed E-state index contributed by atoms with van der Waals surface area (Å²) >= 11 is 1.09. The highest BCUT2D eigenvalue weighted by atomic mass is 32.2. The number of carbonyl (C=O) groups excluding carboxylic acids is 1. The molecular formula is C19H18N2O3S. The van der Waals surface area contributed by atoms with Gasteiger partial charge in [0.2, 0.25) is 0 Å². The zero-order chi connectivity index (χ0) is 17.8. The van der Waals surface area contributed by atoms with E-state index in [0.29, 0.717) is 18.2 Å². The minimum Gasteiger partial charge on any atom is -0.504 e. The Kier molecular flexibility index (Phi) is 5.09. The van der Waals surface area contributed by atoms with E-state index in [-0.39, 0.29) is 11.0 Å². The number of thioether (sulfide) groups is 1. The van der Waals surface area contributed by atoms with Crippen LogP contribution in [0.3, 0.4) is 0 Å². The summed E-state index contributed by atoms with van der Waals surface area (Å²) in [4.78, 5) is 17.1. The van der Waals surface area contributed by atoms with Crippen molar-refractivity contribution in [1.29, 1.82) is 0 Å². The number of benzene rings is 2. The number of aliphatic imine (C=N–C) groups is 1. The number of ether oxygens (including phenoxy) is 1. The highest BCUT2D eigenvalue weighted by molar-refractivity contribution is 8.18. The third-order valence-electron chi connectivity index (χ3n) is 3.48. The molecule has 6 heteroatoms. The summed E-state index contributed by atoms with van der Waals surface area (Å²) < 4.78 is 5.40. The van der Waals surface area contributed by atoms with Crippen LogP contribution in [0.4, 0.5) is 10.5 Å². The lowest BCUT2D eigenvalue weighted by molar-refractivity contribution is 0.265. The summed E-state index contributed by atoms with van der Waals surface area (Å²) in [5.41, 5.74) is 2.70. The molecule has 0 saturated carbocycles. The van der Waals surface area contributed by atoms with Crippen LogP contribution in [-0.2, 0) is 0 Å². The van der Waals surface area contributed by atoms with Gasteiger partial charge in [-0.15, -0.1) is 0 Å². The van der Waals surface area contributed by atoms with Gasteiger partial charge in [-0.1, -0.05) is 18.2 Å². The summed E-state index contributed by atoms with van der Waals surface area (Å²) in [7, 11) is 0. The molecule has 25 heavy (non-hydrogen) atoms. The van der Waals surface area contributed by atoms with Crippen molar-refractivity contribution in [2.75, 3.05) is 6.61 Å². The molecule has 0 spiro atoms. The lowest BCUT2D eigenvalue weighted by Crippen LogP contribution is -2.18. The Morgan fingerprint density at radius 1 is 1.28 bits per heavy atom. The van der Waals surface area contributed by atoms with Crippen LogP contribution in [0.15, 0.2) is 52.4 Å². The van der Waals surface area contributed by atoms with Crippen molar-refractivity contribution in [2.24, 2.45) is 4.99 Å². The lowest BCUT2D eigenvalue weighted by atomic mass is 10.2. The average molecular weight is 354 g/mol. The normalized spacial score (nSPS) is 17.1. The predicted molar refractivity (Wildman–Crippen MR) is 102 cm³/mol. The molecule has 0 atom stereocenters. The number of rotatable bonds is 4. The van der Waals surface area contributed by atoms with E-state index < -0.39 is 0 Å². The molecule has 2 aromatic rings. The molecule has 1 heterocycles. The van der Waals surface area contributed by atoms with Gasteiger partial charge in [0.15, 0.2) is 11.5 Å². The molecular weight excluding hydrogens is 336 g/mol. The molecule has 0 aromatic heterocycles. The fourth-order valence-corrected chi connectivity index (χ4v) is 3.12. The molecule has 5 nitrogen and oxygen atoms in total. The summed E-state index contributed by atoms with van der Waals surface area (Å²) in [6.45, 7) is 4.31. The van der Waals surface area contributed by atoms with Crippen LogP contribution < -0.4 is 10.1 Å². The number of phenolic OH excluding ortho intramolecular Hbond substituents is 1. The first-order valence-corrected chi connectivity index (χ1v) is 8.69. The van der Waals surface area contributed by atoms with Crippen molar-refractivity contribution in [3.63, 3.8) is 0 Å². The number of amides is 1. The summed E-state index contributed by atoms with van der Waals surface area (Å²) in [6.07, 6.45) is 1.85. The van der Waals surface area contributed by atoms with Gasteiger partial charge >= 0.3 is 0 Å². The molecule has 3 rings (SSSR count). The first kappa shape index (κ1) is 17.1. The van der Waals surface area contributed by atoms with Gasteiger partial charge in [0, 0.05) is 0 Å². The fraction of sp³-hybridized carbons (Fsp3) is 0.158. The van der Waals surface area contributed by atoms with Crippen LogP contribution in [0.5, 0.6) is 11.5 Å². The van der Waals surface area contributed by atoms with Crippen LogP contribution in [-0.4, -0.2) is 22.8 Å². The predicted octanol–water partition coefficient (Wildman–Crippen LogP) is 4.63. The summed E-state index contributed by atoms with van der Waals surface area (Å²) in [5, 5.41) is 12.4. The molecule has 0 bridgehead atoms. The Morgan fingerprint density at radius 2 is 2.12 bits per heavy atom. The fourth-order valence-electron chi connectivity index (χ4n) is 2.38. The molecule has 2 aromatic carbocycles. The third kappa shape index (κ3) is 4.22. The van der Waals surface area contributed by atoms with Crippen LogP contribution in [0, 0.1) is 6.92 Å². The molecule has 1 saturated heterocycles. The van der Waals surface area contributed by atoms with E-state index in [0.717, 1.165) is 33.5 Å². The van der Waals surface area contributed by atoms with E-state index >= 15 is 0 Å². The molecule has 0 unspecified atom stereocenters. The van der Waals surface area contributed by atoms with Crippen molar-refractivity contribution in [2.45, 2.75) is 13.8 Å². The molecule has 0 aliphatic carbocycles. The van der Waals surface area contributed by atoms with E-state index in [1.807, 2.05) is 44.2 Å². The van der Waals surface area contributed by atoms with Gasteiger partial charge in [-0.3, -0.25) is 4.79 Å². The number of carbonyl (C=O) groups is 1. The van der Waals surface area contributed by atoms with Gasteiger partial charge in [0.05, 0.1) is 17.2 Å². The SMILES string of the molecule is CCOc1cc(/C=C2\SC(=O)NC2=Nc2cccc(C)c2)ccc1O. The first-order chi connectivity index (χ1) is 12.0. The van der Waals surface area contributed by atoms with Crippen LogP contribution in [0.1, 0.15) is 18.1 Å². The quantitative estimate of drug-likeness (QED) is 0.840. The van der Waals surface area contributed by atoms with E-state index in [1.54, 1.807) is 18.2 Å². The molecule has 2 N–H and O–H groups in total. The van der Waals surface area contributed by atoms with Crippen molar-refractivity contribution in [3.05, 3.63) is 58.5 Å². The molecule has 128 valence electrons. The number of aryl methyl sites for hydroxylation is 1. The number of aromatic hydroxyl groups is 1. The van der Waals surface area contributed by atoms with Gasteiger partial charge in [-0.05, 0) is 67.1 Å². The number of amidine groups is 1. The van der Waals surface area contributed by atoms with Crippen molar-refractivity contribution >= 4 is 34.6 Å². The van der Waals surface area contributed by atoms with Crippen molar-refractivity contribution in [1.82, 2.24) is 5.32 Å². The van der Waals surface area contributed by atoms with Crippen LogP contribution in [0.2, 0.25) is 0 Å². The van der Waals surface area contributed by atoms with E-state index in [2.05, 4.69) is 10.3 Å². The molecule has 1 fully saturated rings. The largest absolute Gasteiger partial charge is 0.504 e. The van der Waals surface area contributed by atoms with E-state index in [1.165, 1.54) is 0 Å². The Morgan fingerprint density at radius 3 is 2.88 bits per heavy atom. The Hall–Kier alpha value is -2.73. The maximum atomic E-state index is 11.8. The average Bonchev–Trinajstić information content (AvgIpc) is 2.90. The molecule has 1 aliphatic heterocycles. The second-order valence-electron chi connectivity index (χ2n) is 5.48. The zero-order valence-electron chi connectivity index (χ0n) is 13.9. The zero-order valence-corrected chi connectivity index (χ0v) is 14.8. The minimum absolute atomic E-state index is 0.0888. The smallest absolute Gasteiger partial charge is 0.289 e. The van der Waals surface area contributed by atoms with E-state index in [9.17, 15) is 9.90 Å². The molecule has 1 amide bonds. The Balaban J connectivity index is 1.95. The third-order valence-corrected chi connectivity index (χ3v) is 4.30. The number of nitrogens with zero attached hydrogens (tertiary/aromatic N) is 1. The van der Waals surface area contributed by atoms with Crippen LogP contribution >= 0.6 is 11.8 Å². The van der Waals surface area contributed by atoms with Gasteiger partial charge < -0.3 is 15.2 Å². The standard InChI is InChI=1S/C19H18N2O3S/c1-3-24-16-10-13(7-8-15(16)22)11-17-18(21-19(23)25-17)20-14-6-4-5-12(2)9-14/h4-11,22H,3H2,1-2H3,(H,20,21,23)/b17-11-. The van der Waals surface area contributed by atoms with Gasteiger partial charge in [0.25, 0.3) is 5.24 Å². The first-order valence-electron chi connectivity index (χ1n) is 7.87. The second-order valence-corrected chi connectivity index (χ2v) is 6.50. The minimum atomic E-state index is -0.165. The second kappa shape index (κ2) is 7.44. The number of phenols is 1. The van der Waals surface area contributed by atoms with Crippen LogP contribution in [0.25, 0.3) is 6.08 Å². The number of hydrogen-bond donors (Lipinski definition) is 2. The summed E-state index contributed by atoms with van der Waals surface area (Å²) in [6, 6.07) is 12.8. The molecule has 0 radical (unpaired) electrons. The van der Waals surface area contributed by atoms with Crippen molar-refractivity contribution < 1.29 is 14.6 Å². The van der Waals surface area contributed by atoms with Gasteiger partial charge in [0.1, 0.15) is 5.84 Å². The van der Waals surface area contributed by atoms with E-state index in [4.69, 9.17) is 4.74 Å². The highest BCUT2D eigenvalue weighted by Gasteiger charge is 2.23. The number of hydrogen-bond acceptors (Lipinski definition) is 5. The maximum absolute atomic E-state index is 11.8. The number of nitrogens with one attached hydrogen (secondary N) is 1. The maximum Gasteiger partial charge on any atom is 0.289 e. The van der Waals surface area contributed by atoms with Crippen molar-refractivity contribution in [3.8, 4) is 11.5 Å². The lowest BCUT2D eigenvalue weighted by Gasteiger charge is -2.07. The van der Waals surface area contributed by atoms with Gasteiger partial charge in [-0.2, -0.15) is 0 Å².